The molecule has 100 valence electrons. The summed E-state index contributed by atoms with van der Waals surface area (Å²) in [5.74, 6) is 0.619. The Bertz CT molecular complexity index is 624. The molecule has 0 radical (unpaired) electrons. The molecule has 2 aliphatic rings. The molecule has 2 aromatic rings. The third kappa shape index (κ3) is 1.98. The van der Waals surface area contributed by atoms with Crippen LogP contribution in [0.3, 0.4) is 0 Å². The maximum absolute atomic E-state index is 4.88. The number of piperidine rings is 1. The lowest BCUT2D eigenvalue weighted by Gasteiger charge is -2.28. The van der Waals surface area contributed by atoms with Crippen LogP contribution in [-0.4, -0.2) is 26.7 Å². The van der Waals surface area contributed by atoms with Gasteiger partial charge in [-0.1, -0.05) is 0 Å². The van der Waals surface area contributed by atoms with E-state index in [1.54, 1.807) is 0 Å². The number of nitrogens with one attached hydrogen (secondary N) is 1. The van der Waals surface area contributed by atoms with E-state index in [2.05, 4.69) is 46.0 Å². The Hall–Kier alpha value is -0.690. The van der Waals surface area contributed by atoms with Crippen LogP contribution < -0.4 is 5.32 Å². The van der Waals surface area contributed by atoms with Crippen molar-refractivity contribution in [3.8, 4) is 0 Å². The van der Waals surface area contributed by atoms with E-state index in [1.807, 2.05) is 10.7 Å². The summed E-state index contributed by atoms with van der Waals surface area (Å²) in [6, 6.07) is 3.66. The van der Waals surface area contributed by atoms with Gasteiger partial charge >= 0.3 is 0 Å². The normalized spacial score (nSPS) is 30.1. The van der Waals surface area contributed by atoms with E-state index in [9.17, 15) is 0 Å². The third-order valence-corrected chi connectivity index (χ3v) is 5.28. The second-order valence-electron chi connectivity index (χ2n) is 5.86. The van der Waals surface area contributed by atoms with Crippen LogP contribution in [0.5, 0.6) is 0 Å². The molecule has 2 bridgehead atoms. The molecule has 19 heavy (non-hydrogen) atoms. The zero-order valence-corrected chi connectivity index (χ0v) is 13.1. The molecule has 3 atom stereocenters. The quantitative estimate of drug-likeness (QED) is 0.787. The summed E-state index contributed by atoms with van der Waals surface area (Å²) < 4.78 is 3.08. The molecular weight excluding hydrogens is 351 g/mol. The zero-order chi connectivity index (χ0) is 13.0. The number of fused-ring (bicyclic) bond motifs is 3. The second kappa shape index (κ2) is 4.41. The zero-order valence-electron chi connectivity index (χ0n) is 10.9. The SMILES string of the molecule is Cc1cc(C2C[C@H]3CC[C@@H](C2)N3)nc2c(I)cnn12. The van der Waals surface area contributed by atoms with E-state index in [-0.39, 0.29) is 0 Å². The van der Waals surface area contributed by atoms with Gasteiger partial charge in [0.2, 0.25) is 0 Å². The summed E-state index contributed by atoms with van der Waals surface area (Å²) >= 11 is 2.32. The van der Waals surface area contributed by atoms with Crippen LogP contribution in [0.2, 0.25) is 0 Å². The lowest BCUT2D eigenvalue weighted by Crippen LogP contribution is -2.37. The molecule has 0 aliphatic carbocycles. The fraction of sp³-hybridized carbons (Fsp3) is 0.571. The van der Waals surface area contributed by atoms with Crippen LogP contribution in [0.15, 0.2) is 12.3 Å². The van der Waals surface area contributed by atoms with Crippen molar-refractivity contribution in [2.45, 2.75) is 50.6 Å². The Labute approximate surface area is 126 Å². The number of aryl methyl sites for hydroxylation is 1. The molecule has 1 N–H and O–H groups in total. The van der Waals surface area contributed by atoms with Crippen molar-refractivity contribution in [1.82, 2.24) is 19.9 Å². The van der Waals surface area contributed by atoms with Gasteiger partial charge in [0, 0.05) is 29.4 Å². The van der Waals surface area contributed by atoms with Gasteiger partial charge in [0.05, 0.1) is 9.77 Å². The Balaban J connectivity index is 1.76. The van der Waals surface area contributed by atoms with Gasteiger partial charge in [-0.15, -0.1) is 0 Å². The van der Waals surface area contributed by atoms with E-state index in [0.717, 1.165) is 9.22 Å². The highest BCUT2D eigenvalue weighted by molar-refractivity contribution is 14.1. The molecule has 4 heterocycles. The first-order chi connectivity index (χ1) is 9.20. The van der Waals surface area contributed by atoms with Crippen LogP contribution >= 0.6 is 22.6 Å². The number of hydrogen-bond donors (Lipinski definition) is 1. The second-order valence-corrected chi connectivity index (χ2v) is 7.02. The van der Waals surface area contributed by atoms with E-state index in [4.69, 9.17) is 4.98 Å². The van der Waals surface area contributed by atoms with Crippen LogP contribution in [0.4, 0.5) is 0 Å². The molecule has 5 heteroatoms. The van der Waals surface area contributed by atoms with Crippen molar-refractivity contribution in [3.63, 3.8) is 0 Å². The minimum atomic E-state index is 0.619. The molecule has 2 fully saturated rings. The monoisotopic (exact) mass is 368 g/mol. The lowest BCUT2D eigenvalue weighted by molar-refractivity contribution is 0.359. The Kier molecular flexibility index (Phi) is 2.80. The number of halogens is 1. The molecule has 4 nitrogen and oxygen atoms in total. The van der Waals surface area contributed by atoms with Crippen LogP contribution in [0.1, 0.15) is 43.0 Å². The van der Waals surface area contributed by atoms with Crippen molar-refractivity contribution in [2.75, 3.05) is 0 Å². The predicted molar refractivity (Wildman–Crippen MR) is 82.4 cm³/mol. The van der Waals surface area contributed by atoms with Gasteiger partial charge in [0.25, 0.3) is 0 Å². The minimum Gasteiger partial charge on any atom is -0.311 e. The lowest BCUT2D eigenvalue weighted by atomic mass is 9.89. The van der Waals surface area contributed by atoms with Crippen LogP contribution in [-0.2, 0) is 0 Å². The van der Waals surface area contributed by atoms with Gasteiger partial charge in [-0.2, -0.15) is 5.10 Å². The number of hydrogen-bond acceptors (Lipinski definition) is 3. The predicted octanol–water partition coefficient (Wildman–Crippen LogP) is 2.64. The van der Waals surface area contributed by atoms with Crippen molar-refractivity contribution < 1.29 is 0 Å². The first-order valence-electron chi connectivity index (χ1n) is 6.97. The van der Waals surface area contributed by atoms with Crippen molar-refractivity contribution in [1.29, 1.82) is 0 Å². The van der Waals surface area contributed by atoms with Crippen LogP contribution in [0.25, 0.3) is 5.65 Å². The topological polar surface area (TPSA) is 42.2 Å². The maximum Gasteiger partial charge on any atom is 0.168 e. The molecule has 1 unspecified atom stereocenters. The van der Waals surface area contributed by atoms with E-state index >= 15 is 0 Å². The number of rotatable bonds is 1. The molecule has 0 spiro atoms. The molecule has 0 aromatic carbocycles. The van der Waals surface area contributed by atoms with Gasteiger partial charge in [-0.25, -0.2) is 9.50 Å². The first kappa shape index (κ1) is 12.1. The van der Waals surface area contributed by atoms with Gasteiger partial charge in [-0.3, -0.25) is 0 Å². The fourth-order valence-corrected chi connectivity index (χ4v) is 4.09. The fourth-order valence-electron chi connectivity index (χ4n) is 3.62. The van der Waals surface area contributed by atoms with Crippen molar-refractivity contribution in [2.24, 2.45) is 0 Å². The average Bonchev–Trinajstić information content (AvgIpc) is 2.93. The highest BCUT2D eigenvalue weighted by Gasteiger charge is 2.34. The van der Waals surface area contributed by atoms with Gasteiger partial charge in [0.1, 0.15) is 0 Å². The van der Waals surface area contributed by atoms with Crippen LogP contribution in [0, 0.1) is 10.5 Å². The summed E-state index contributed by atoms with van der Waals surface area (Å²) in [6.07, 6.45) is 7.05. The Morgan fingerprint density at radius 3 is 2.79 bits per heavy atom. The van der Waals surface area contributed by atoms with Gasteiger partial charge in [0.15, 0.2) is 5.65 Å². The summed E-state index contributed by atoms with van der Waals surface area (Å²) in [4.78, 5) is 4.88. The Morgan fingerprint density at radius 2 is 2.05 bits per heavy atom. The molecular formula is C14H17IN4. The van der Waals surface area contributed by atoms with Gasteiger partial charge < -0.3 is 5.32 Å². The van der Waals surface area contributed by atoms with Crippen molar-refractivity contribution in [3.05, 3.63) is 27.2 Å². The molecule has 0 saturated carbocycles. The summed E-state index contributed by atoms with van der Waals surface area (Å²) in [5.41, 5.74) is 3.47. The van der Waals surface area contributed by atoms with E-state index in [0.29, 0.717) is 18.0 Å². The van der Waals surface area contributed by atoms with E-state index in [1.165, 1.54) is 37.1 Å². The molecule has 2 aliphatic heterocycles. The number of aromatic nitrogens is 3. The molecule has 0 amide bonds. The number of nitrogens with zero attached hydrogens (tertiary/aromatic N) is 3. The third-order valence-electron chi connectivity index (χ3n) is 4.52. The first-order valence-corrected chi connectivity index (χ1v) is 8.05. The molecule has 2 aromatic heterocycles. The summed E-state index contributed by atoms with van der Waals surface area (Å²) in [7, 11) is 0. The maximum atomic E-state index is 4.88. The Morgan fingerprint density at radius 1 is 1.32 bits per heavy atom. The standard InChI is InChI=1S/C14H17IN4/c1-8-4-13(18-14-12(15)7-16-19(8)14)9-5-10-2-3-11(6-9)17-10/h4,7,9-11,17H,2-3,5-6H2,1H3/t9?,10-,11+. The molecule has 2 saturated heterocycles. The summed E-state index contributed by atoms with van der Waals surface area (Å²) in [6.45, 7) is 2.12. The van der Waals surface area contributed by atoms with E-state index < -0.39 is 0 Å². The summed E-state index contributed by atoms with van der Waals surface area (Å²) in [5, 5.41) is 8.08. The van der Waals surface area contributed by atoms with Crippen molar-refractivity contribution >= 4 is 28.2 Å². The smallest absolute Gasteiger partial charge is 0.168 e. The highest BCUT2D eigenvalue weighted by atomic mass is 127. The average molecular weight is 368 g/mol. The minimum absolute atomic E-state index is 0.619. The van der Waals surface area contributed by atoms with Gasteiger partial charge in [-0.05, 0) is 61.3 Å². The molecule has 4 rings (SSSR count). The largest absolute Gasteiger partial charge is 0.311 e. The highest BCUT2D eigenvalue weighted by Crippen LogP contribution is 2.36.